The van der Waals surface area contributed by atoms with Crippen LogP contribution in [0.3, 0.4) is 0 Å². The lowest BCUT2D eigenvalue weighted by molar-refractivity contribution is 0.168. The minimum atomic E-state index is -3.38. The number of hydrogen-bond acceptors (Lipinski definition) is 4. The van der Waals surface area contributed by atoms with E-state index < -0.39 is 16.1 Å². The summed E-state index contributed by atoms with van der Waals surface area (Å²) >= 11 is 0. The van der Waals surface area contributed by atoms with Gasteiger partial charge in [0.05, 0.1) is 24.4 Å². The molecule has 2 rings (SSSR count). The summed E-state index contributed by atoms with van der Waals surface area (Å²) in [6.07, 6.45) is 2.49. The lowest BCUT2D eigenvalue weighted by atomic mass is 10.1. The highest BCUT2D eigenvalue weighted by Gasteiger charge is 2.13. The Morgan fingerprint density at radius 1 is 1.20 bits per heavy atom. The molecule has 0 saturated carbocycles. The molecule has 0 saturated heterocycles. The van der Waals surface area contributed by atoms with E-state index in [1.54, 1.807) is 30.3 Å². The fourth-order valence-corrected chi connectivity index (χ4v) is 2.99. The van der Waals surface area contributed by atoms with E-state index in [1.165, 1.54) is 12.5 Å². The Morgan fingerprint density at radius 2 is 1.95 bits per heavy atom. The molecule has 1 atom stereocenters. The van der Waals surface area contributed by atoms with Crippen LogP contribution >= 0.6 is 0 Å². The summed E-state index contributed by atoms with van der Waals surface area (Å²) in [5.41, 5.74) is 1.38. The molecule has 0 spiro atoms. The molecule has 0 fully saturated rings. The van der Waals surface area contributed by atoms with Crippen molar-refractivity contribution in [1.82, 2.24) is 4.72 Å². The maximum absolute atomic E-state index is 11.9. The first-order valence-corrected chi connectivity index (χ1v) is 7.93. The van der Waals surface area contributed by atoms with Gasteiger partial charge in [0.1, 0.15) is 0 Å². The van der Waals surface area contributed by atoms with Crippen molar-refractivity contribution in [2.75, 3.05) is 6.54 Å². The second-order valence-electron chi connectivity index (χ2n) is 4.50. The van der Waals surface area contributed by atoms with Crippen LogP contribution < -0.4 is 4.72 Å². The summed E-state index contributed by atoms with van der Waals surface area (Å²) < 4.78 is 31.1. The lowest BCUT2D eigenvalue weighted by Gasteiger charge is -2.10. The van der Waals surface area contributed by atoms with Gasteiger partial charge in [0.15, 0.2) is 0 Å². The predicted octanol–water partition coefficient (Wildman–Crippen LogP) is 1.82. The number of rotatable bonds is 7. The summed E-state index contributed by atoms with van der Waals surface area (Å²) in [6.45, 7) is 0.182. The zero-order chi connectivity index (χ0) is 14.4. The summed E-state index contributed by atoms with van der Waals surface area (Å²) in [4.78, 5) is 0. The number of nitrogens with one attached hydrogen (secondary N) is 1. The Labute approximate surface area is 118 Å². The van der Waals surface area contributed by atoms with Crippen molar-refractivity contribution in [3.05, 3.63) is 60.1 Å². The van der Waals surface area contributed by atoms with Gasteiger partial charge in [-0.1, -0.05) is 30.3 Å². The standard InChI is InChI=1S/C14H17NO4S/c16-14(13-7-9-19-10-13)6-8-15-20(17,18)11-12-4-2-1-3-5-12/h1-5,7,9-10,14-16H,6,8,11H2. The third-order valence-electron chi connectivity index (χ3n) is 2.87. The molecule has 1 aromatic heterocycles. The highest BCUT2D eigenvalue weighted by Crippen LogP contribution is 2.16. The van der Waals surface area contributed by atoms with Crippen LogP contribution in [0.15, 0.2) is 53.3 Å². The number of furan rings is 1. The van der Waals surface area contributed by atoms with Gasteiger partial charge < -0.3 is 9.52 Å². The van der Waals surface area contributed by atoms with Gasteiger partial charge in [-0.05, 0) is 18.1 Å². The van der Waals surface area contributed by atoms with Gasteiger partial charge >= 0.3 is 0 Å². The zero-order valence-corrected chi connectivity index (χ0v) is 11.7. The summed E-state index contributed by atoms with van der Waals surface area (Å²) in [5.74, 6) is -0.0599. The molecule has 1 aromatic carbocycles. The van der Waals surface area contributed by atoms with E-state index in [4.69, 9.17) is 4.42 Å². The number of benzene rings is 1. The topological polar surface area (TPSA) is 79.5 Å². The monoisotopic (exact) mass is 295 g/mol. The van der Waals surface area contributed by atoms with Crippen molar-refractivity contribution in [3.8, 4) is 0 Å². The first-order chi connectivity index (χ1) is 9.57. The molecule has 0 aliphatic rings. The molecule has 5 nitrogen and oxygen atoms in total. The van der Waals surface area contributed by atoms with Crippen LogP contribution in [0.2, 0.25) is 0 Å². The van der Waals surface area contributed by atoms with Crippen LogP contribution in [-0.2, 0) is 15.8 Å². The van der Waals surface area contributed by atoms with Crippen LogP contribution in [0.5, 0.6) is 0 Å². The second kappa shape index (κ2) is 6.69. The number of aliphatic hydroxyl groups is 1. The molecule has 0 radical (unpaired) electrons. The fourth-order valence-electron chi connectivity index (χ4n) is 1.83. The molecule has 6 heteroatoms. The van der Waals surface area contributed by atoms with Crippen molar-refractivity contribution < 1.29 is 17.9 Å². The van der Waals surface area contributed by atoms with E-state index in [0.29, 0.717) is 12.0 Å². The molecule has 1 unspecified atom stereocenters. The quantitative estimate of drug-likeness (QED) is 0.816. The zero-order valence-electron chi connectivity index (χ0n) is 10.9. The minimum absolute atomic E-state index is 0.0599. The van der Waals surface area contributed by atoms with Gasteiger partial charge in [0, 0.05) is 12.1 Å². The van der Waals surface area contributed by atoms with Crippen molar-refractivity contribution in [2.45, 2.75) is 18.3 Å². The largest absolute Gasteiger partial charge is 0.472 e. The average Bonchev–Trinajstić information content (AvgIpc) is 2.93. The third kappa shape index (κ3) is 4.48. The Morgan fingerprint density at radius 3 is 2.60 bits per heavy atom. The van der Waals surface area contributed by atoms with Crippen LogP contribution in [0.25, 0.3) is 0 Å². The molecule has 20 heavy (non-hydrogen) atoms. The molecule has 0 aliphatic carbocycles. The number of sulfonamides is 1. The van der Waals surface area contributed by atoms with Crippen LogP contribution in [0, 0.1) is 0 Å². The van der Waals surface area contributed by atoms with Gasteiger partial charge in [0.2, 0.25) is 10.0 Å². The van der Waals surface area contributed by atoms with E-state index in [-0.39, 0.29) is 12.3 Å². The van der Waals surface area contributed by atoms with Crippen LogP contribution in [0.4, 0.5) is 0 Å². The van der Waals surface area contributed by atoms with Crippen molar-refractivity contribution >= 4 is 10.0 Å². The van der Waals surface area contributed by atoms with Crippen molar-refractivity contribution in [2.24, 2.45) is 0 Å². The summed E-state index contributed by atoms with van der Waals surface area (Å²) in [5, 5.41) is 9.80. The Balaban J connectivity index is 1.81. The van der Waals surface area contributed by atoms with Crippen molar-refractivity contribution in [3.63, 3.8) is 0 Å². The normalized spacial score (nSPS) is 13.2. The molecular formula is C14H17NO4S. The van der Waals surface area contributed by atoms with Gasteiger partial charge in [-0.3, -0.25) is 0 Å². The number of aliphatic hydroxyl groups excluding tert-OH is 1. The maximum atomic E-state index is 11.9. The van der Waals surface area contributed by atoms with E-state index >= 15 is 0 Å². The number of hydrogen-bond donors (Lipinski definition) is 2. The summed E-state index contributed by atoms with van der Waals surface area (Å²) in [7, 11) is -3.38. The first kappa shape index (κ1) is 14.8. The van der Waals surface area contributed by atoms with Gasteiger partial charge in [-0.2, -0.15) is 0 Å². The van der Waals surface area contributed by atoms with Crippen LogP contribution in [0.1, 0.15) is 23.7 Å². The molecule has 0 bridgehead atoms. The Kier molecular flexibility index (Phi) is 4.94. The predicted molar refractivity (Wildman–Crippen MR) is 75.4 cm³/mol. The van der Waals surface area contributed by atoms with Gasteiger partial charge in [-0.15, -0.1) is 0 Å². The van der Waals surface area contributed by atoms with E-state index in [1.807, 2.05) is 6.07 Å². The van der Waals surface area contributed by atoms with Crippen molar-refractivity contribution in [1.29, 1.82) is 0 Å². The first-order valence-electron chi connectivity index (χ1n) is 6.28. The van der Waals surface area contributed by atoms with E-state index in [0.717, 1.165) is 5.56 Å². The Bertz CT molecular complexity index is 608. The molecule has 108 valence electrons. The molecule has 0 amide bonds. The Hall–Kier alpha value is -1.63. The maximum Gasteiger partial charge on any atom is 0.215 e. The smallest absolute Gasteiger partial charge is 0.215 e. The highest BCUT2D eigenvalue weighted by molar-refractivity contribution is 7.88. The van der Waals surface area contributed by atoms with Gasteiger partial charge in [-0.25, -0.2) is 13.1 Å². The molecule has 2 N–H and O–H groups in total. The summed E-state index contributed by atoms with van der Waals surface area (Å²) in [6, 6.07) is 10.6. The lowest BCUT2D eigenvalue weighted by Crippen LogP contribution is -2.27. The van der Waals surface area contributed by atoms with E-state index in [9.17, 15) is 13.5 Å². The third-order valence-corrected chi connectivity index (χ3v) is 4.22. The second-order valence-corrected chi connectivity index (χ2v) is 6.31. The minimum Gasteiger partial charge on any atom is -0.472 e. The van der Waals surface area contributed by atoms with Crippen LogP contribution in [-0.4, -0.2) is 20.1 Å². The van der Waals surface area contributed by atoms with Gasteiger partial charge in [0.25, 0.3) is 0 Å². The van der Waals surface area contributed by atoms with E-state index in [2.05, 4.69) is 4.72 Å². The fraction of sp³-hybridized carbons (Fsp3) is 0.286. The SMILES string of the molecule is O=S(=O)(Cc1ccccc1)NCCC(O)c1ccoc1. The molecule has 0 aliphatic heterocycles. The highest BCUT2D eigenvalue weighted by atomic mass is 32.2. The molecule has 1 heterocycles. The molecular weight excluding hydrogens is 278 g/mol. The average molecular weight is 295 g/mol. The molecule has 2 aromatic rings.